The van der Waals surface area contributed by atoms with Gasteiger partial charge in [-0.05, 0) is 51.0 Å². The summed E-state index contributed by atoms with van der Waals surface area (Å²) in [4.78, 5) is 46.4. The van der Waals surface area contributed by atoms with Crippen molar-refractivity contribution >= 4 is 17.8 Å². The molecule has 1 spiro atoms. The number of allylic oxidation sites excluding steroid dienone is 1. The van der Waals surface area contributed by atoms with E-state index in [0.717, 1.165) is 44.1 Å². The van der Waals surface area contributed by atoms with Gasteiger partial charge in [0.15, 0.2) is 0 Å². The highest BCUT2D eigenvalue weighted by Crippen LogP contribution is 2.64. The molecule has 1 N–H and O–H groups in total. The molecule has 0 aromatic heterocycles. The highest BCUT2D eigenvalue weighted by atomic mass is 16.6. The number of rotatable bonds is 12. The van der Waals surface area contributed by atoms with Gasteiger partial charge < -0.3 is 24.4 Å². The molecule has 2 amide bonds. The van der Waals surface area contributed by atoms with Crippen molar-refractivity contribution in [2.75, 3.05) is 19.8 Å². The minimum atomic E-state index is -1.18. The van der Waals surface area contributed by atoms with Crippen LogP contribution in [-0.4, -0.2) is 75.7 Å². The van der Waals surface area contributed by atoms with Gasteiger partial charge in [0.25, 0.3) is 0 Å². The maximum absolute atomic E-state index is 14.8. The lowest BCUT2D eigenvalue weighted by molar-refractivity contribution is -0.162. The molecule has 1 saturated carbocycles. The highest BCUT2D eigenvalue weighted by molar-refractivity contribution is 5.99. The Bertz CT molecular complexity index is 1150. The molecule has 2 unspecified atom stereocenters. The summed E-state index contributed by atoms with van der Waals surface area (Å²) < 4.78 is 12.5. The van der Waals surface area contributed by atoms with Gasteiger partial charge in [-0.1, -0.05) is 61.7 Å². The fourth-order valence-corrected chi connectivity index (χ4v) is 7.96. The molecule has 6 atom stereocenters. The van der Waals surface area contributed by atoms with Gasteiger partial charge in [-0.25, -0.2) is 0 Å². The molecule has 0 radical (unpaired) electrons. The van der Waals surface area contributed by atoms with Crippen LogP contribution in [0.2, 0.25) is 0 Å². The number of aliphatic hydroxyl groups excluding tert-OH is 1. The second kappa shape index (κ2) is 12.1. The minimum Gasteiger partial charge on any atom is -0.465 e. The number of amides is 2. The number of carbonyl (C=O) groups excluding carboxylic acids is 3. The number of aliphatic hydroxyl groups is 1. The molecular formula is C33H44N2O6. The van der Waals surface area contributed by atoms with E-state index in [4.69, 9.17) is 9.47 Å². The summed E-state index contributed by atoms with van der Waals surface area (Å²) >= 11 is 0. The molecule has 4 fully saturated rings. The van der Waals surface area contributed by atoms with E-state index in [9.17, 15) is 19.5 Å². The van der Waals surface area contributed by atoms with Gasteiger partial charge in [0, 0.05) is 12.6 Å². The fourth-order valence-electron chi connectivity index (χ4n) is 7.96. The predicted molar refractivity (Wildman–Crippen MR) is 155 cm³/mol. The Hall–Kier alpha value is -2.97. The van der Waals surface area contributed by atoms with Crippen LogP contribution in [0.4, 0.5) is 0 Å². The van der Waals surface area contributed by atoms with E-state index >= 15 is 0 Å². The zero-order chi connectivity index (χ0) is 29.2. The van der Waals surface area contributed by atoms with Crippen LogP contribution in [0.25, 0.3) is 0 Å². The Balaban J connectivity index is 1.57. The first-order valence-electron chi connectivity index (χ1n) is 15.2. The number of benzene rings is 1. The number of fused-ring (bicyclic) bond motifs is 1. The fraction of sp³-hybridized carbons (Fsp3) is 0.606. The predicted octanol–water partition coefficient (Wildman–Crippen LogP) is 4.34. The molecule has 8 heteroatoms. The van der Waals surface area contributed by atoms with Crippen molar-refractivity contribution in [1.82, 2.24) is 9.80 Å². The zero-order valence-corrected chi connectivity index (χ0v) is 24.2. The third-order valence-electron chi connectivity index (χ3n) is 9.82. The van der Waals surface area contributed by atoms with E-state index in [1.807, 2.05) is 42.2 Å². The number of ether oxygens (including phenoxy) is 2. The quantitative estimate of drug-likeness (QED) is 0.231. The van der Waals surface area contributed by atoms with Crippen molar-refractivity contribution in [1.29, 1.82) is 0 Å². The van der Waals surface area contributed by atoms with E-state index in [0.29, 0.717) is 25.8 Å². The molecule has 4 aliphatic rings. The van der Waals surface area contributed by atoms with Gasteiger partial charge >= 0.3 is 5.97 Å². The van der Waals surface area contributed by atoms with Crippen LogP contribution in [-0.2, 0) is 23.9 Å². The summed E-state index contributed by atoms with van der Waals surface area (Å²) in [6.45, 7) is 9.75. The molecule has 8 nitrogen and oxygen atoms in total. The van der Waals surface area contributed by atoms with Gasteiger partial charge in [0.2, 0.25) is 11.8 Å². The van der Waals surface area contributed by atoms with Crippen molar-refractivity contribution in [3.63, 3.8) is 0 Å². The first kappa shape index (κ1) is 29.5. The molecule has 222 valence electrons. The molecule has 1 aliphatic carbocycles. The normalized spacial score (nSPS) is 31.5. The number of nitrogens with zero attached hydrogens (tertiary/aromatic N) is 2. The molecule has 1 aromatic carbocycles. The zero-order valence-electron chi connectivity index (χ0n) is 24.2. The summed E-state index contributed by atoms with van der Waals surface area (Å²) in [5, 5.41) is 10.7. The summed E-state index contributed by atoms with van der Waals surface area (Å²) in [7, 11) is 0. The van der Waals surface area contributed by atoms with E-state index in [-0.39, 0.29) is 31.1 Å². The molecule has 3 heterocycles. The molecule has 2 bridgehead atoms. The lowest BCUT2D eigenvalue weighted by atomic mass is 9.66. The van der Waals surface area contributed by atoms with E-state index < -0.39 is 41.1 Å². The topological polar surface area (TPSA) is 96.4 Å². The second-order valence-corrected chi connectivity index (χ2v) is 12.3. The maximum Gasteiger partial charge on any atom is 0.312 e. The van der Waals surface area contributed by atoms with Crippen molar-refractivity contribution in [3.8, 4) is 0 Å². The Morgan fingerprint density at radius 3 is 2.56 bits per heavy atom. The largest absolute Gasteiger partial charge is 0.465 e. The first-order valence-corrected chi connectivity index (χ1v) is 15.2. The molecule has 41 heavy (non-hydrogen) atoms. The average Bonchev–Trinajstić information content (AvgIpc) is 3.56. The van der Waals surface area contributed by atoms with Crippen molar-refractivity contribution in [2.24, 2.45) is 11.8 Å². The van der Waals surface area contributed by atoms with Crippen LogP contribution in [0.3, 0.4) is 0 Å². The van der Waals surface area contributed by atoms with E-state index in [1.54, 1.807) is 17.1 Å². The Morgan fingerprint density at radius 2 is 1.90 bits per heavy atom. The number of hydrogen-bond donors (Lipinski definition) is 1. The van der Waals surface area contributed by atoms with Gasteiger partial charge in [-0.3, -0.25) is 14.4 Å². The van der Waals surface area contributed by atoms with Gasteiger partial charge in [-0.2, -0.15) is 0 Å². The molecule has 3 aliphatic heterocycles. The monoisotopic (exact) mass is 564 g/mol. The SMILES string of the molecule is C=CCCCOC(=O)[C@H]1[C@H]2C(=O)N([C@H](CO)c3ccccc3)C(C(=O)N(CC=C)C3CCCCC3)C23CC[C@]1(C)O3. The van der Waals surface area contributed by atoms with Crippen LogP contribution in [0.15, 0.2) is 55.6 Å². The van der Waals surface area contributed by atoms with Crippen LogP contribution < -0.4 is 0 Å². The number of likely N-dealkylation sites (tertiary alicyclic amines) is 1. The molecule has 3 saturated heterocycles. The second-order valence-electron chi connectivity index (χ2n) is 12.3. The number of hydrogen-bond acceptors (Lipinski definition) is 6. The van der Waals surface area contributed by atoms with Crippen molar-refractivity contribution in [3.05, 3.63) is 61.2 Å². The maximum atomic E-state index is 14.8. The summed E-state index contributed by atoms with van der Waals surface area (Å²) in [5.41, 5.74) is -1.35. The molecular weight excluding hydrogens is 520 g/mol. The van der Waals surface area contributed by atoms with Crippen LogP contribution in [0.5, 0.6) is 0 Å². The first-order chi connectivity index (χ1) is 19.8. The summed E-state index contributed by atoms with van der Waals surface area (Å²) in [6.07, 6.45) is 10.9. The van der Waals surface area contributed by atoms with Gasteiger partial charge in [-0.15, -0.1) is 13.2 Å². The smallest absolute Gasteiger partial charge is 0.312 e. The molecule has 5 rings (SSSR count). The van der Waals surface area contributed by atoms with Crippen molar-refractivity contribution in [2.45, 2.75) is 94.0 Å². The Labute approximate surface area is 243 Å². The minimum absolute atomic E-state index is 0.0470. The lowest BCUT2D eigenvalue weighted by Crippen LogP contribution is -2.59. The molecule has 1 aromatic rings. The van der Waals surface area contributed by atoms with E-state index in [1.165, 1.54) is 0 Å². The van der Waals surface area contributed by atoms with Crippen LogP contribution in [0, 0.1) is 11.8 Å². The average molecular weight is 565 g/mol. The summed E-state index contributed by atoms with van der Waals surface area (Å²) in [5.74, 6) is -2.67. The number of carbonyl (C=O) groups is 3. The number of unbranched alkanes of at least 4 members (excludes halogenated alkanes) is 1. The Kier molecular flexibility index (Phi) is 8.71. The Morgan fingerprint density at radius 1 is 1.17 bits per heavy atom. The third kappa shape index (κ3) is 5.03. The highest BCUT2D eigenvalue weighted by Gasteiger charge is 2.79. The standard InChI is InChI=1S/C33H44N2O6/c1-4-6-13-21-40-31(39)27-26-29(37)35(25(22-36)23-14-9-7-10-15-23)28(33(26)19-18-32(27,3)41-33)30(38)34(20-5-2)24-16-11-8-12-17-24/h4-5,7,9-10,14-15,24-28,36H,1-2,6,8,11-13,16-22H2,3H3/t25-,26+,27-,28?,32+,33?/m1/s1. The summed E-state index contributed by atoms with van der Waals surface area (Å²) in [6, 6.07) is 7.61. The van der Waals surface area contributed by atoms with Crippen molar-refractivity contribution < 1.29 is 29.0 Å². The van der Waals surface area contributed by atoms with Crippen LogP contribution in [0.1, 0.15) is 76.3 Å². The van der Waals surface area contributed by atoms with Gasteiger partial charge in [0.05, 0.1) is 30.8 Å². The third-order valence-corrected chi connectivity index (χ3v) is 9.82. The lowest BCUT2D eigenvalue weighted by Gasteiger charge is -2.42. The van der Waals surface area contributed by atoms with Crippen LogP contribution >= 0.6 is 0 Å². The number of esters is 1. The van der Waals surface area contributed by atoms with E-state index in [2.05, 4.69) is 13.2 Å². The van der Waals surface area contributed by atoms with Gasteiger partial charge in [0.1, 0.15) is 17.6 Å².